The number of carbonyl (C=O) groups excluding carboxylic acids is 1. The minimum absolute atomic E-state index is 0.0196. The molecule has 0 unspecified atom stereocenters. The van der Waals surface area contributed by atoms with Crippen LogP contribution in [0.5, 0.6) is 11.5 Å². The first-order chi connectivity index (χ1) is 11.8. The van der Waals surface area contributed by atoms with Crippen molar-refractivity contribution in [2.24, 2.45) is 0 Å². The van der Waals surface area contributed by atoms with E-state index in [-0.39, 0.29) is 17.2 Å². The molecule has 3 rings (SSSR count). The zero-order chi connectivity index (χ0) is 16.8. The van der Waals surface area contributed by atoms with E-state index in [9.17, 15) is 9.90 Å². The van der Waals surface area contributed by atoms with Gasteiger partial charge >= 0.3 is 0 Å². The number of ether oxygens (including phenoxy) is 1. The van der Waals surface area contributed by atoms with E-state index in [2.05, 4.69) is 5.32 Å². The lowest BCUT2D eigenvalue weighted by molar-refractivity contribution is 0.0949. The summed E-state index contributed by atoms with van der Waals surface area (Å²) >= 11 is 0. The normalized spacial score (nSPS) is 10.5. The first-order valence-electron chi connectivity index (χ1n) is 7.92. The summed E-state index contributed by atoms with van der Waals surface area (Å²) in [6.45, 7) is 1.01. The first kappa shape index (κ1) is 15.9. The minimum atomic E-state index is -0.280. The number of hydrogen-bond acceptors (Lipinski definition) is 3. The quantitative estimate of drug-likeness (QED) is 0.680. The van der Waals surface area contributed by atoms with E-state index in [0.29, 0.717) is 25.0 Å². The van der Waals surface area contributed by atoms with Crippen molar-refractivity contribution < 1.29 is 14.6 Å². The minimum Gasteiger partial charge on any atom is -0.506 e. The Balaban J connectivity index is 1.53. The van der Waals surface area contributed by atoms with E-state index in [1.165, 1.54) is 0 Å². The van der Waals surface area contributed by atoms with Crippen molar-refractivity contribution in [3.05, 3.63) is 72.3 Å². The maximum absolute atomic E-state index is 12.2. The molecule has 0 atom stereocenters. The molecule has 3 aromatic carbocycles. The molecule has 0 aliphatic rings. The summed E-state index contributed by atoms with van der Waals surface area (Å²) in [6, 6.07) is 20.5. The predicted octanol–water partition coefficient (Wildman–Crippen LogP) is 3.74. The van der Waals surface area contributed by atoms with Crippen LogP contribution in [-0.4, -0.2) is 24.2 Å². The van der Waals surface area contributed by atoms with Crippen molar-refractivity contribution in [3.8, 4) is 11.5 Å². The highest BCUT2D eigenvalue weighted by Crippen LogP contribution is 2.28. The predicted molar refractivity (Wildman–Crippen MR) is 94.5 cm³/mol. The first-order valence-corrected chi connectivity index (χ1v) is 7.92. The number of fused-ring (bicyclic) bond motifs is 1. The van der Waals surface area contributed by atoms with E-state index in [1.807, 2.05) is 54.6 Å². The fourth-order valence-corrected chi connectivity index (χ4v) is 2.51. The van der Waals surface area contributed by atoms with Gasteiger partial charge in [0, 0.05) is 11.9 Å². The third kappa shape index (κ3) is 3.66. The molecule has 122 valence electrons. The number of hydrogen-bond donors (Lipinski definition) is 2. The van der Waals surface area contributed by atoms with E-state index < -0.39 is 0 Å². The second-order valence-corrected chi connectivity index (χ2v) is 5.45. The van der Waals surface area contributed by atoms with Gasteiger partial charge in [-0.25, -0.2) is 0 Å². The lowest BCUT2D eigenvalue weighted by atomic mass is 10.0. The van der Waals surface area contributed by atoms with Crippen LogP contribution in [0.3, 0.4) is 0 Å². The smallest absolute Gasteiger partial charge is 0.255 e. The lowest BCUT2D eigenvalue weighted by Gasteiger charge is -2.10. The van der Waals surface area contributed by atoms with Crippen LogP contribution in [0.4, 0.5) is 0 Å². The van der Waals surface area contributed by atoms with Gasteiger partial charge in [0.05, 0.1) is 12.2 Å². The van der Waals surface area contributed by atoms with Gasteiger partial charge < -0.3 is 15.2 Å². The van der Waals surface area contributed by atoms with Crippen molar-refractivity contribution in [2.75, 3.05) is 13.2 Å². The Labute approximate surface area is 140 Å². The number of amides is 1. The molecule has 0 radical (unpaired) electrons. The Morgan fingerprint density at radius 2 is 1.71 bits per heavy atom. The van der Waals surface area contributed by atoms with Crippen LogP contribution >= 0.6 is 0 Å². The Kier molecular flexibility index (Phi) is 4.96. The van der Waals surface area contributed by atoms with E-state index in [4.69, 9.17) is 4.74 Å². The molecule has 4 nitrogen and oxygen atoms in total. The molecule has 24 heavy (non-hydrogen) atoms. The van der Waals surface area contributed by atoms with Gasteiger partial charge in [0.1, 0.15) is 11.5 Å². The molecule has 0 aromatic heterocycles. The summed E-state index contributed by atoms with van der Waals surface area (Å²) in [5.41, 5.74) is 0.290. The van der Waals surface area contributed by atoms with Crippen molar-refractivity contribution in [1.82, 2.24) is 5.32 Å². The molecule has 0 aliphatic heterocycles. The largest absolute Gasteiger partial charge is 0.506 e. The van der Waals surface area contributed by atoms with Crippen molar-refractivity contribution in [1.29, 1.82) is 0 Å². The summed E-state index contributed by atoms with van der Waals surface area (Å²) in [4.78, 5) is 12.2. The average Bonchev–Trinajstić information content (AvgIpc) is 2.62. The highest BCUT2D eigenvalue weighted by molar-refractivity contribution is 6.03. The van der Waals surface area contributed by atoms with Crippen LogP contribution in [0.2, 0.25) is 0 Å². The molecule has 3 aromatic rings. The summed E-state index contributed by atoms with van der Waals surface area (Å²) in [5.74, 6) is 0.556. The van der Waals surface area contributed by atoms with Crippen LogP contribution in [0, 0.1) is 0 Å². The summed E-state index contributed by atoms with van der Waals surface area (Å²) in [5, 5.41) is 14.7. The second kappa shape index (κ2) is 7.51. The van der Waals surface area contributed by atoms with Crippen LogP contribution in [0.1, 0.15) is 16.8 Å². The van der Waals surface area contributed by atoms with E-state index in [1.54, 1.807) is 12.1 Å². The lowest BCUT2D eigenvalue weighted by Crippen LogP contribution is -2.25. The van der Waals surface area contributed by atoms with Crippen molar-refractivity contribution >= 4 is 16.7 Å². The molecule has 0 bridgehead atoms. The number of phenols is 1. The molecule has 1 amide bonds. The number of benzene rings is 3. The van der Waals surface area contributed by atoms with Crippen molar-refractivity contribution in [2.45, 2.75) is 6.42 Å². The Hall–Kier alpha value is -3.01. The molecule has 0 aliphatic carbocycles. The monoisotopic (exact) mass is 321 g/mol. The summed E-state index contributed by atoms with van der Waals surface area (Å²) < 4.78 is 5.57. The molecule has 0 saturated heterocycles. The highest BCUT2D eigenvalue weighted by Gasteiger charge is 2.13. The summed E-state index contributed by atoms with van der Waals surface area (Å²) in [7, 11) is 0. The van der Waals surface area contributed by atoms with Crippen molar-refractivity contribution in [3.63, 3.8) is 0 Å². The van der Waals surface area contributed by atoms with Gasteiger partial charge in [-0.15, -0.1) is 0 Å². The van der Waals surface area contributed by atoms with Gasteiger partial charge in [-0.05, 0) is 30.0 Å². The molecular weight excluding hydrogens is 302 g/mol. The molecule has 4 heteroatoms. The molecule has 0 saturated carbocycles. The molecule has 0 heterocycles. The highest BCUT2D eigenvalue weighted by atomic mass is 16.5. The van der Waals surface area contributed by atoms with Gasteiger partial charge in [0.2, 0.25) is 0 Å². The maximum atomic E-state index is 12.2. The standard InChI is InChI=1S/C20H19NO3/c22-19-17-10-5-4-7-15(17)11-12-18(19)20(23)21-13-6-14-24-16-8-2-1-3-9-16/h1-5,7-12,22H,6,13-14H2,(H,21,23). The SMILES string of the molecule is O=C(NCCCOc1ccccc1)c1ccc2ccccc2c1O. The van der Waals surface area contributed by atoms with E-state index >= 15 is 0 Å². The van der Waals surface area contributed by atoms with Gasteiger partial charge in [-0.2, -0.15) is 0 Å². The Morgan fingerprint density at radius 1 is 0.958 bits per heavy atom. The molecule has 2 N–H and O–H groups in total. The Bertz CT molecular complexity index is 831. The topological polar surface area (TPSA) is 58.6 Å². The number of rotatable bonds is 6. The zero-order valence-corrected chi connectivity index (χ0v) is 13.2. The number of nitrogens with one attached hydrogen (secondary N) is 1. The van der Waals surface area contributed by atoms with Crippen LogP contribution in [0.15, 0.2) is 66.7 Å². The number of phenolic OH excluding ortho intramolecular Hbond substituents is 1. The number of aromatic hydroxyl groups is 1. The van der Waals surface area contributed by atoms with E-state index in [0.717, 1.165) is 11.1 Å². The Morgan fingerprint density at radius 3 is 2.54 bits per heavy atom. The van der Waals surface area contributed by atoms with Crippen LogP contribution < -0.4 is 10.1 Å². The average molecular weight is 321 g/mol. The zero-order valence-electron chi connectivity index (χ0n) is 13.2. The van der Waals surface area contributed by atoms with Crippen LogP contribution in [-0.2, 0) is 0 Å². The second-order valence-electron chi connectivity index (χ2n) is 5.45. The van der Waals surface area contributed by atoms with Gasteiger partial charge in [-0.3, -0.25) is 4.79 Å². The van der Waals surface area contributed by atoms with Gasteiger partial charge in [-0.1, -0.05) is 48.5 Å². The fraction of sp³-hybridized carbons (Fsp3) is 0.150. The maximum Gasteiger partial charge on any atom is 0.255 e. The molecular formula is C20H19NO3. The van der Waals surface area contributed by atoms with Crippen LogP contribution in [0.25, 0.3) is 10.8 Å². The molecule has 0 spiro atoms. The number of para-hydroxylation sites is 1. The number of carbonyl (C=O) groups is 1. The van der Waals surface area contributed by atoms with Gasteiger partial charge in [0.15, 0.2) is 0 Å². The third-order valence-electron chi connectivity index (χ3n) is 3.76. The fourth-order valence-electron chi connectivity index (χ4n) is 2.51. The summed E-state index contributed by atoms with van der Waals surface area (Å²) in [6.07, 6.45) is 0.689. The third-order valence-corrected chi connectivity index (χ3v) is 3.76. The molecule has 0 fully saturated rings. The van der Waals surface area contributed by atoms with Gasteiger partial charge in [0.25, 0.3) is 5.91 Å².